The van der Waals surface area contributed by atoms with Gasteiger partial charge in [-0.05, 0) is 61.0 Å². The summed E-state index contributed by atoms with van der Waals surface area (Å²) in [5.74, 6) is 0.822. The van der Waals surface area contributed by atoms with Gasteiger partial charge in [-0.15, -0.1) is 0 Å². The third kappa shape index (κ3) is 6.30. The monoisotopic (exact) mass is 497 g/mol. The van der Waals surface area contributed by atoms with Crippen molar-refractivity contribution in [2.75, 3.05) is 32.2 Å². The molecule has 3 aromatic rings. The summed E-state index contributed by atoms with van der Waals surface area (Å²) < 4.78 is 43.7. The van der Waals surface area contributed by atoms with Crippen LogP contribution in [0.1, 0.15) is 11.1 Å². The third-order valence-electron chi connectivity index (χ3n) is 5.07. The molecule has 0 saturated heterocycles. The zero-order valence-electron chi connectivity index (χ0n) is 19.9. The molecule has 3 rings (SSSR count). The molecule has 35 heavy (non-hydrogen) atoms. The molecule has 0 bridgehead atoms. The lowest BCUT2D eigenvalue weighted by Gasteiger charge is -2.24. The van der Waals surface area contributed by atoms with Crippen molar-refractivity contribution in [2.24, 2.45) is 5.10 Å². The minimum atomic E-state index is -4.09. The Morgan fingerprint density at radius 1 is 0.914 bits per heavy atom. The van der Waals surface area contributed by atoms with E-state index in [1.807, 2.05) is 6.92 Å². The van der Waals surface area contributed by atoms with Crippen molar-refractivity contribution >= 4 is 27.8 Å². The van der Waals surface area contributed by atoms with E-state index in [1.165, 1.54) is 38.6 Å². The number of hydrogen-bond acceptors (Lipinski definition) is 7. The maximum atomic E-state index is 13.5. The van der Waals surface area contributed by atoms with Crippen molar-refractivity contribution in [1.82, 2.24) is 5.43 Å². The molecule has 0 radical (unpaired) electrons. The smallest absolute Gasteiger partial charge is 0.264 e. The van der Waals surface area contributed by atoms with Crippen LogP contribution >= 0.6 is 0 Å². The summed E-state index contributed by atoms with van der Waals surface area (Å²) in [6.07, 6.45) is 1.45. The van der Waals surface area contributed by atoms with Crippen molar-refractivity contribution in [3.63, 3.8) is 0 Å². The van der Waals surface area contributed by atoms with Gasteiger partial charge in [-0.2, -0.15) is 5.10 Å². The molecule has 0 aliphatic carbocycles. The van der Waals surface area contributed by atoms with Crippen LogP contribution in [0.15, 0.2) is 76.7 Å². The van der Waals surface area contributed by atoms with Crippen LogP contribution < -0.4 is 23.9 Å². The number of aryl methyl sites for hydroxylation is 1. The van der Waals surface area contributed by atoms with E-state index in [4.69, 9.17) is 14.2 Å². The van der Waals surface area contributed by atoms with Crippen LogP contribution in [-0.4, -0.2) is 48.4 Å². The van der Waals surface area contributed by atoms with E-state index in [0.717, 1.165) is 15.4 Å². The van der Waals surface area contributed by atoms with E-state index in [2.05, 4.69) is 10.5 Å². The van der Waals surface area contributed by atoms with Gasteiger partial charge in [-0.3, -0.25) is 9.10 Å². The number of rotatable bonds is 10. The topological polar surface area (TPSA) is 107 Å². The molecule has 3 aromatic carbocycles. The van der Waals surface area contributed by atoms with E-state index in [9.17, 15) is 13.2 Å². The Hall–Kier alpha value is -4.05. The molecular formula is C25H27N3O6S. The number of nitrogens with one attached hydrogen (secondary N) is 1. The zero-order valence-corrected chi connectivity index (χ0v) is 20.7. The number of methoxy groups -OCH3 is 3. The zero-order chi connectivity index (χ0) is 25.4. The van der Waals surface area contributed by atoms with Crippen LogP contribution in [0, 0.1) is 6.92 Å². The van der Waals surface area contributed by atoms with Gasteiger partial charge >= 0.3 is 0 Å². The molecule has 0 unspecified atom stereocenters. The fraction of sp³-hybridized carbons (Fsp3) is 0.200. The number of ether oxygens (including phenoxy) is 3. The molecule has 0 fully saturated rings. The number of anilines is 1. The molecule has 0 atom stereocenters. The van der Waals surface area contributed by atoms with Crippen LogP contribution in [-0.2, 0) is 14.8 Å². The summed E-state index contributed by atoms with van der Waals surface area (Å²) in [4.78, 5) is 12.8. The fourth-order valence-electron chi connectivity index (χ4n) is 3.17. The molecule has 0 heterocycles. The van der Waals surface area contributed by atoms with Gasteiger partial charge in [0.2, 0.25) is 0 Å². The number of hydrazone groups is 1. The van der Waals surface area contributed by atoms with Crippen molar-refractivity contribution in [1.29, 1.82) is 0 Å². The molecule has 0 spiro atoms. The number of nitrogens with zero attached hydrogens (tertiary/aromatic N) is 2. The van der Waals surface area contributed by atoms with Crippen LogP contribution in [0.25, 0.3) is 0 Å². The first-order valence-corrected chi connectivity index (χ1v) is 12.0. The Bertz CT molecular complexity index is 1290. The molecule has 0 aliphatic heterocycles. The standard InChI is InChI=1S/C25H27N3O6S/c1-18-5-12-22(13-6-18)35(30,31)28(20-9-14-23(33-3)24(15-20)34-4)17-25(29)27-26-16-19-7-10-21(32-2)11-8-19/h5-16H,17H2,1-4H3,(H,27,29)/b26-16-. The largest absolute Gasteiger partial charge is 0.497 e. The molecule has 10 heteroatoms. The van der Waals surface area contributed by atoms with Gasteiger partial charge in [0.25, 0.3) is 15.9 Å². The lowest BCUT2D eigenvalue weighted by Crippen LogP contribution is -2.39. The van der Waals surface area contributed by atoms with Crippen LogP contribution in [0.3, 0.4) is 0 Å². The number of hydrogen-bond donors (Lipinski definition) is 1. The minimum Gasteiger partial charge on any atom is -0.497 e. The van der Waals surface area contributed by atoms with Gasteiger partial charge in [0.1, 0.15) is 12.3 Å². The number of benzene rings is 3. The first kappa shape index (κ1) is 25.6. The van der Waals surface area contributed by atoms with Gasteiger partial charge in [-0.25, -0.2) is 13.8 Å². The summed E-state index contributed by atoms with van der Waals surface area (Å²) in [7, 11) is 0.407. The quantitative estimate of drug-likeness (QED) is 0.340. The molecule has 1 N–H and O–H groups in total. The molecule has 1 amide bonds. The number of carbonyl (C=O) groups is 1. The molecule has 0 aromatic heterocycles. The van der Waals surface area contributed by atoms with Crippen molar-refractivity contribution < 1.29 is 27.4 Å². The van der Waals surface area contributed by atoms with Crippen LogP contribution in [0.5, 0.6) is 17.2 Å². The van der Waals surface area contributed by atoms with E-state index in [1.54, 1.807) is 55.6 Å². The van der Waals surface area contributed by atoms with Crippen molar-refractivity contribution in [2.45, 2.75) is 11.8 Å². The average molecular weight is 498 g/mol. The Morgan fingerprint density at radius 3 is 2.17 bits per heavy atom. The highest BCUT2D eigenvalue weighted by molar-refractivity contribution is 7.92. The molecule has 184 valence electrons. The van der Waals surface area contributed by atoms with Crippen LogP contribution in [0.2, 0.25) is 0 Å². The van der Waals surface area contributed by atoms with E-state index < -0.39 is 22.5 Å². The van der Waals surface area contributed by atoms with Gasteiger partial charge in [0.05, 0.1) is 38.1 Å². The number of sulfonamides is 1. The van der Waals surface area contributed by atoms with Gasteiger partial charge in [-0.1, -0.05) is 17.7 Å². The summed E-state index contributed by atoms with van der Waals surface area (Å²) in [5, 5.41) is 3.94. The summed E-state index contributed by atoms with van der Waals surface area (Å²) in [6, 6.07) is 18.1. The lowest BCUT2D eigenvalue weighted by atomic mass is 10.2. The maximum Gasteiger partial charge on any atom is 0.264 e. The summed E-state index contributed by atoms with van der Waals surface area (Å²) in [6.45, 7) is 1.35. The Balaban J connectivity index is 1.88. The highest BCUT2D eigenvalue weighted by atomic mass is 32.2. The summed E-state index contributed by atoms with van der Waals surface area (Å²) >= 11 is 0. The lowest BCUT2D eigenvalue weighted by molar-refractivity contribution is -0.119. The highest BCUT2D eigenvalue weighted by Crippen LogP contribution is 2.33. The second kappa shape index (κ2) is 11.4. The number of amides is 1. The van der Waals surface area contributed by atoms with Crippen molar-refractivity contribution in [3.05, 3.63) is 77.9 Å². The molecule has 0 aliphatic rings. The Morgan fingerprint density at radius 2 is 1.57 bits per heavy atom. The van der Waals surface area contributed by atoms with E-state index >= 15 is 0 Å². The molecule has 9 nitrogen and oxygen atoms in total. The predicted molar refractivity (Wildman–Crippen MR) is 134 cm³/mol. The second-order valence-electron chi connectivity index (χ2n) is 7.43. The Labute approximate surface area is 205 Å². The van der Waals surface area contributed by atoms with Gasteiger partial charge in [0, 0.05) is 6.07 Å². The number of carbonyl (C=O) groups excluding carboxylic acids is 1. The van der Waals surface area contributed by atoms with E-state index in [-0.39, 0.29) is 10.6 Å². The normalized spacial score (nSPS) is 11.2. The highest BCUT2D eigenvalue weighted by Gasteiger charge is 2.28. The van der Waals surface area contributed by atoms with Gasteiger partial charge in [0.15, 0.2) is 11.5 Å². The van der Waals surface area contributed by atoms with Gasteiger partial charge < -0.3 is 14.2 Å². The van der Waals surface area contributed by atoms with Crippen molar-refractivity contribution in [3.8, 4) is 17.2 Å². The minimum absolute atomic E-state index is 0.0485. The first-order chi connectivity index (χ1) is 16.8. The predicted octanol–water partition coefficient (Wildman–Crippen LogP) is 3.37. The maximum absolute atomic E-state index is 13.5. The fourth-order valence-corrected chi connectivity index (χ4v) is 4.58. The molecular weight excluding hydrogens is 470 g/mol. The third-order valence-corrected chi connectivity index (χ3v) is 6.86. The SMILES string of the molecule is COc1ccc(/C=N\NC(=O)CN(c2ccc(OC)c(OC)c2)S(=O)(=O)c2ccc(C)cc2)cc1. The first-order valence-electron chi connectivity index (χ1n) is 10.6. The van der Waals surface area contributed by atoms with E-state index in [0.29, 0.717) is 17.2 Å². The average Bonchev–Trinajstić information content (AvgIpc) is 2.87. The van der Waals surface area contributed by atoms with Crippen LogP contribution in [0.4, 0.5) is 5.69 Å². The summed E-state index contributed by atoms with van der Waals surface area (Å²) in [5.41, 5.74) is 4.26. The second-order valence-corrected chi connectivity index (χ2v) is 9.29. The molecule has 0 saturated carbocycles. The Kier molecular flexibility index (Phi) is 8.32.